The number of imidazole rings is 1. The molecule has 0 unspecified atom stereocenters. The van der Waals surface area contributed by atoms with Gasteiger partial charge in [0.2, 0.25) is 0 Å². The van der Waals surface area contributed by atoms with Gasteiger partial charge in [-0.25, -0.2) is 4.98 Å². The number of aromatic nitrogens is 2. The van der Waals surface area contributed by atoms with Gasteiger partial charge in [-0.05, 0) is 28.1 Å². The normalized spacial score (nSPS) is 10.8. The quantitative estimate of drug-likeness (QED) is 0.751. The summed E-state index contributed by atoms with van der Waals surface area (Å²) in [7, 11) is 0. The van der Waals surface area contributed by atoms with Crippen molar-refractivity contribution in [3.8, 4) is 0 Å². The van der Waals surface area contributed by atoms with Crippen molar-refractivity contribution in [2.24, 2.45) is 0 Å². The molecular weight excluding hydrogens is 220 g/mol. The third-order valence-electron chi connectivity index (χ3n) is 1.65. The number of aliphatic hydroxyl groups excluding tert-OH is 1. The highest BCUT2D eigenvalue weighted by Gasteiger charge is 2.01. The lowest BCUT2D eigenvalue weighted by Crippen LogP contribution is -1.82. The summed E-state index contributed by atoms with van der Waals surface area (Å²) in [5, 5.41) is 8.84. The summed E-state index contributed by atoms with van der Waals surface area (Å²) < 4.78 is 2.82. The van der Waals surface area contributed by atoms with E-state index in [0.29, 0.717) is 5.69 Å². The van der Waals surface area contributed by atoms with Gasteiger partial charge >= 0.3 is 0 Å². The van der Waals surface area contributed by atoms with Gasteiger partial charge in [0.05, 0.1) is 16.9 Å². The van der Waals surface area contributed by atoms with Crippen LogP contribution in [0.25, 0.3) is 5.65 Å². The van der Waals surface area contributed by atoms with Crippen molar-refractivity contribution in [3.05, 3.63) is 34.7 Å². The number of rotatable bonds is 1. The van der Waals surface area contributed by atoms with Crippen LogP contribution < -0.4 is 0 Å². The lowest BCUT2D eigenvalue weighted by Gasteiger charge is -1.93. The molecule has 2 rings (SSSR count). The highest BCUT2D eigenvalue weighted by atomic mass is 79.9. The predicted octanol–water partition coefficient (Wildman–Crippen LogP) is 1.59. The summed E-state index contributed by atoms with van der Waals surface area (Å²) in [4.78, 5) is 4.18. The van der Waals surface area contributed by atoms with Crippen molar-refractivity contribution in [2.75, 3.05) is 0 Å². The van der Waals surface area contributed by atoms with E-state index in [0.717, 1.165) is 10.3 Å². The van der Waals surface area contributed by atoms with Crippen molar-refractivity contribution in [2.45, 2.75) is 6.61 Å². The van der Waals surface area contributed by atoms with E-state index in [2.05, 4.69) is 20.9 Å². The molecule has 1 N–H and O–H groups in total. The molecule has 0 fully saturated rings. The average Bonchev–Trinajstić information content (AvgIpc) is 2.49. The summed E-state index contributed by atoms with van der Waals surface area (Å²) >= 11 is 3.38. The summed E-state index contributed by atoms with van der Waals surface area (Å²) in [6.45, 7) is -0.0197. The number of aliphatic hydroxyl groups is 1. The smallest absolute Gasteiger partial charge is 0.137 e. The zero-order valence-corrected chi connectivity index (χ0v) is 7.82. The van der Waals surface area contributed by atoms with Crippen LogP contribution in [0.5, 0.6) is 0 Å². The van der Waals surface area contributed by atoms with Gasteiger partial charge in [0, 0.05) is 6.20 Å². The Kier molecular flexibility index (Phi) is 1.86. The molecule has 0 saturated heterocycles. The van der Waals surface area contributed by atoms with Crippen LogP contribution in [0.4, 0.5) is 0 Å². The molecule has 0 spiro atoms. The standard InChI is InChI=1S/C8H7BrN2O/c9-7-2-1-3-8-10-6(5-12)4-11(7)8/h1-4,12H,5H2. The third-order valence-corrected chi connectivity index (χ3v) is 2.30. The second-order valence-corrected chi connectivity index (χ2v) is 3.28. The minimum Gasteiger partial charge on any atom is -0.390 e. The summed E-state index contributed by atoms with van der Waals surface area (Å²) in [6.07, 6.45) is 1.80. The largest absolute Gasteiger partial charge is 0.390 e. The Labute approximate surface area is 77.8 Å². The molecule has 2 aromatic rings. The zero-order chi connectivity index (χ0) is 8.55. The minimum absolute atomic E-state index is 0.0197. The Morgan fingerprint density at radius 2 is 2.33 bits per heavy atom. The molecule has 3 nitrogen and oxygen atoms in total. The molecule has 4 heteroatoms. The Balaban J connectivity index is 2.74. The highest BCUT2D eigenvalue weighted by molar-refractivity contribution is 9.10. The molecule has 2 aromatic heterocycles. The van der Waals surface area contributed by atoms with Crippen LogP contribution in [0.15, 0.2) is 29.0 Å². The molecule has 0 aliphatic carbocycles. The fraction of sp³-hybridized carbons (Fsp3) is 0.125. The van der Waals surface area contributed by atoms with E-state index in [1.54, 1.807) is 6.20 Å². The monoisotopic (exact) mass is 226 g/mol. The fourth-order valence-corrected chi connectivity index (χ4v) is 1.54. The summed E-state index contributed by atoms with van der Waals surface area (Å²) in [6, 6.07) is 5.73. The van der Waals surface area contributed by atoms with Gasteiger partial charge in [-0.1, -0.05) is 6.07 Å². The molecule has 0 radical (unpaired) electrons. The van der Waals surface area contributed by atoms with Gasteiger partial charge < -0.3 is 5.11 Å². The van der Waals surface area contributed by atoms with Crippen molar-refractivity contribution in [1.82, 2.24) is 9.38 Å². The first kappa shape index (κ1) is 7.76. The first-order valence-electron chi connectivity index (χ1n) is 3.54. The second kappa shape index (κ2) is 2.88. The van der Waals surface area contributed by atoms with E-state index in [4.69, 9.17) is 5.11 Å². The van der Waals surface area contributed by atoms with Crippen molar-refractivity contribution in [3.63, 3.8) is 0 Å². The Bertz CT molecular complexity index is 410. The van der Waals surface area contributed by atoms with Gasteiger partial charge in [-0.2, -0.15) is 0 Å². The molecule has 12 heavy (non-hydrogen) atoms. The van der Waals surface area contributed by atoms with E-state index < -0.39 is 0 Å². The number of hydrogen-bond acceptors (Lipinski definition) is 2. The topological polar surface area (TPSA) is 37.5 Å². The molecule has 2 heterocycles. The maximum atomic E-state index is 8.84. The van der Waals surface area contributed by atoms with Crippen LogP contribution in [0.3, 0.4) is 0 Å². The average molecular weight is 227 g/mol. The van der Waals surface area contributed by atoms with Gasteiger partial charge in [0.1, 0.15) is 5.65 Å². The molecule has 0 atom stereocenters. The number of nitrogens with zero attached hydrogens (tertiary/aromatic N) is 2. The molecule has 0 saturated carbocycles. The van der Waals surface area contributed by atoms with Crippen LogP contribution in [-0.2, 0) is 6.61 Å². The second-order valence-electron chi connectivity index (χ2n) is 2.47. The maximum Gasteiger partial charge on any atom is 0.137 e. The lowest BCUT2D eigenvalue weighted by molar-refractivity contribution is 0.277. The van der Waals surface area contributed by atoms with Crippen molar-refractivity contribution >= 4 is 21.6 Å². The first-order valence-corrected chi connectivity index (χ1v) is 4.34. The number of fused-ring (bicyclic) bond motifs is 1. The van der Waals surface area contributed by atoms with E-state index in [1.165, 1.54) is 0 Å². The van der Waals surface area contributed by atoms with Gasteiger partial charge in [0.25, 0.3) is 0 Å². The van der Waals surface area contributed by atoms with E-state index in [-0.39, 0.29) is 6.61 Å². The maximum absolute atomic E-state index is 8.84. The number of pyridine rings is 1. The lowest BCUT2D eigenvalue weighted by atomic mass is 10.5. The predicted molar refractivity (Wildman–Crippen MR) is 48.8 cm³/mol. The summed E-state index contributed by atoms with van der Waals surface area (Å²) in [5.74, 6) is 0. The molecule has 0 aliphatic heterocycles. The van der Waals surface area contributed by atoms with Gasteiger partial charge in [-0.3, -0.25) is 4.40 Å². The Morgan fingerprint density at radius 1 is 1.50 bits per heavy atom. The van der Waals surface area contributed by atoms with Crippen molar-refractivity contribution in [1.29, 1.82) is 0 Å². The Morgan fingerprint density at radius 3 is 3.00 bits per heavy atom. The molecule has 62 valence electrons. The van der Waals surface area contributed by atoms with E-state index >= 15 is 0 Å². The number of halogens is 1. The molecule has 0 bridgehead atoms. The van der Waals surface area contributed by atoms with Crippen LogP contribution in [0.1, 0.15) is 5.69 Å². The van der Waals surface area contributed by atoms with Crippen molar-refractivity contribution < 1.29 is 5.11 Å². The molecule has 0 aliphatic rings. The first-order chi connectivity index (χ1) is 5.81. The zero-order valence-electron chi connectivity index (χ0n) is 6.24. The molecular formula is C8H7BrN2O. The number of hydrogen-bond donors (Lipinski definition) is 1. The van der Waals surface area contributed by atoms with Crippen LogP contribution in [0.2, 0.25) is 0 Å². The fourth-order valence-electron chi connectivity index (χ4n) is 1.10. The SMILES string of the molecule is OCc1cn2c(Br)cccc2n1. The molecule has 0 aromatic carbocycles. The highest BCUT2D eigenvalue weighted by Crippen LogP contribution is 2.13. The van der Waals surface area contributed by atoms with Gasteiger partial charge in [-0.15, -0.1) is 0 Å². The Hall–Kier alpha value is -0.870. The minimum atomic E-state index is -0.0197. The summed E-state index contributed by atoms with van der Waals surface area (Å²) in [5.41, 5.74) is 1.52. The van der Waals surface area contributed by atoms with Crippen LogP contribution >= 0.6 is 15.9 Å². The van der Waals surface area contributed by atoms with Crippen LogP contribution in [-0.4, -0.2) is 14.5 Å². The van der Waals surface area contributed by atoms with E-state index in [9.17, 15) is 0 Å². The van der Waals surface area contributed by atoms with Crippen LogP contribution in [0, 0.1) is 0 Å². The molecule has 0 amide bonds. The third kappa shape index (κ3) is 1.13. The van der Waals surface area contributed by atoms with Gasteiger partial charge in [0.15, 0.2) is 0 Å². The van der Waals surface area contributed by atoms with E-state index in [1.807, 2.05) is 22.6 Å².